The number of aromatic carboxylic acids is 1. The van der Waals surface area contributed by atoms with E-state index in [0.29, 0.717) is 11.4 Å². The summed E-state index contributed by atoms with van der Waals surface area (Å²) >= 11 is 0. The molecule has 0 radical (unpaired) electrons. The lowest BCUT2D eigenvalue weighted by atomic mass is 10.1. The lowest BCUT2D eigenvalue weighted by Gasteiger charge is -2.05. The summed E-state index contributed by atoms with van der Waals surface area (Å²) in [5, 5.41) is 17.3. The Morgan fingerprint density at radius 2 is 2.14 bits per heavy atom. The predicted octanol–water partition coefficient (Wildman–Crippen LogP) is 1.67. The number of nitrogens with zero attached hydrogens (tertiary/aromatic N) is 5. The number of rotatable bonds is 3. The second-order valence-corrected chi connectivity index (χ2v) is 4.74. The van der Waals surface area contributed by atoms with E-state index in [-0.39, 0.29) is 5.56 Å². The summed E-state index contributed by atoms with van der Waals surface area (Å²) in [5.74, 6) is -0.969. The van der Waals surface area contributed by atoms with Crippen LogP contribution in [0.1, 0.15) is 15.9 Å². The van der Waals surface area contributed by atoms with Crippen molar-refractivity contribution in [2.45, 2.75) is 6.92 Å². The zero-order valence-electron chi connectivity index (χ0n) is 11.6. The third-order valence-electron chi connectivity index (χ3n) is 3.28. The lowest BCUT2D eigenvalue weighted by Crippen LogP contribution is -2.02. The Morgan fingerprint density at radius 3 is 2.81 bits per heavy atom. The van der Waals surface area contributed by atoms with E-state index in [4.69, 9.17) is 5.11 Å². The molecule has 0 aliphatic heterocycles. The fourth-order valence-corrected chi connectivity index (χ4v) is 2.09. The van der Waals surface area contributed by atoms with Gasteiger partial charge in [-0.2, -0.15) is 0 Å². The molecule has 2 heterocycles. The second-order valence-electron chi connectivity index (χ2n) is 4.74. The number of carbonyl (C=O) groups is 1. The van der Waals surface area contributed by atoms with Crippen LogP contribution in [0.2, 0.25) is 0 Å². The summed E-state index contributed by atoms with van der Waals surface area (Å²) in [6, 6.07) is 4.91. The monoisotopic (exact) mass is 283 g/mol. The van der Waals surface area contributed by atoms with E-state index >= 15 is 0 Å². The average Bonchev–Trinajstić information content (AvgIpc) is 3.07. The molecule has 1 N–H and O–H groups in total. The first-order valence-corrected chi connectivity index (χ1v) is 6.29. The van der Waals surface area contributed by atoms with Crippen LogP contribution in [0.15, 0.2) is 36.9 Å². The van der Waals surface area contributed by atoms with Gasteiger partial charge in [0.25, 0.3) is 0 Å². The van der Waals surface area contributed by atoms with E-state index < -0.39 is 5.97 Å². The minimum atomic E-state index is -0.969. The van der Waals surface area contributed by atoms with Crippen LogP contribution in [0.25, 0.3) is 17.1 Å². The maximum absolute atomic E-state index is 11.1. The van der Waals surface area contributed by atoms with Gasteiger partial charge in [0.1, 0.15) is 5.69 Å². The SMILES string of the molecule is Cc1ccc(C(=O)O)cc1-n1cc(-c2cncn2C)nn1. The van der Waals surface area contributed by atoms with Crippen molar-refractivity contribution in [3.63, 3.8) is 0 Å². The lowest BCUT2D eigenvalue weighted by molar-refractivity contribution is 0.0697. The summed E-state index contributed by atoms with van der Waals surface area (Å²) in [4.78, 5) is 15.1. The molecule has 0 spiro atoms. The minimum Gasteiger partial charge on any atom is -0.478 e. The highest BCUT2D eigenvalue weighted by molar-refractivity contribution is 5.88. The molecule has 0 fully saturated rings. The van der Waals surface area contributed by atoms with E-state index in [1.165, 1.54) is 0 Å². The van der Waals surface area contributed by atoms with E-state index in [9.17, 15) is 4.79 Å². The number of hydrogen-bond acceptors (Lipinski definition) is 4. The van der Waals surface area contributed by atoms with E-state index in [1.54, 1.807) is 41.6 Å². The number of carboxylic acids is 1. The third kappa shape index (κ3) is 2.29. The summed E-state index contributed by atoms with van der Waals surface area (Å²) in [7, 11) is 1.87. The van der Waals surface area contributed by atoms with Crippen LogP contribution in [-0.2, 0) is 7.05 Å². The van der Waals surface area contributed by atoms with Crippen molar-refractivity contribution < 1.29 is 9.90 Å². The molecule has 0 aliphatic rings. The number of aromatic nitrogens is 5. The van der Waals surface area contributed by atoms with Gasteiger partial charge in [-0.15, -0.1) is 5.10 Å². The van der Waals surface area contributed by atoms with Crippen molar-refractivity contribution in [1.29, 1.82) is 0 Å². The fraction of sp³-hybridized carbons (Fsp3) is 0.143. The number of hydrogen-bond donors (Lipinski definition) is 1. The number of carboxylic acid groups (broad SMARTS) is 1. The first-order valence-electron chi connectivity index (χ1n) is 6.29. The largest absolute Gasteiger partial charge is 0.478 e. The third-order valence-corrected chi connectivity index (χ3v) is 3.28. The molecular weight excluding hydrogens is 270 g/mol. The van der Waals surface area contributed by atoms with Crippen LogP contribution in [0.4, 0.5) is 0 Å². The molecule has 0 atom stereocenters. The summed E-state index contributed by atoms with van der Waals surface area (Å²) < 4.78 is 3.42. The zero-order valence-corrected chi connectivity index (χ0v) is 11.6. The highest BCUT2D eigenvalue weighted by Crippen LogP contribution is 2.19. The fourth-order valence-electron chi connectivity index (χ4n) is 2.09. The molecule has 0 bridgehead atoms. The minimum absolute atomic E-state index is 0.216. The van der Waals surface area contributed by atoms with Crippen molar-refractivity contribution in [3.05, 3.63) is 48.0 Å². The van der Waals surface area contributed by atoms with Crippen LogP contribution in [-0.4, -0.2) is 35.6 Å². The van der Waals surface area contributed by atoms with Gasteiger partial charge >= 0.3 is 5.97 Å². The maximum atomic E-state index is 11.1. The van der Waals surface area contributed by atoms with Gasteiger partial charge in [-0.25, -0.2) is 14.5 Å². The molecule has 7 heteroatoms. The molecular formula is C14H13N5O2. The van der Waals surface area contributed by atoms with E-state index in [0.717, 1.165) is 11.3 Å². The Kier molecular flexibility index (Phi) is 3.02. The van der Waals surface area contributed by atoms with Gasteiger partial charge in [0, 0.05) is 7.05 Å². The molecule has 21 heavy (non-hydrogen) atoms. The van der Waals surface area contributed by atoms with Gasteiger partial charge < -0.3 is 9.67 Å². The normalized spacial score (nSPS) is 10.8. The van der Waals surface area contributed by atoms with Crippen molar-refractivity contribution in [3.8, 4) is 17.1 Å². The molecule has 106 valence electrons. The standard InChI is InChI=1S/C14H13N5O2/c1-9-3-4-10(14(20)21)5-12(9)19-7-11(16-17-19)13-6-15-8-18(13)2/h3-8H,1-2H3,(H,20,21). The summed E-state index contributed by atoms with van der Waals surface area (Å²) in [6.07, 6.45) is 5.14. The Bertz CT molecular complexity index is 818. The first kappa shape index (κ1) is 13.0. The Labute approximate surface area is 120 Å². The molecule has 1 aromatic carbocycles. The number of aryl methyl sites for hydroxylation is 2. The van der Waals surface area contributed by atoms with Crippen LogP contribution in [0, 0.1) is 6.92 Å². The van der Waals surface area contributed by atoms with Crippen LogP contribution >= 0.6 is 0 Å². The molecule has 7 nitrogen and oxygen atoms in total. The predicted molar refractivity (Wildman–Crippen MR) is 75.3 cm³/mol. The summed E-state index contributed by atoms with van der Waals surface area (Å²) in [6.45, 7) is 1.90. The molecule has 3 rings (SSSR count). The van der Waals surface area contributed by atoms with Gasteiger partial charge in [-0.05, 0) is 24.6 Å². The maximum Gasteiger partial charge on any atom is 0.335 e. The quantitative estimate of drug-likeness (QED) is 0.790. The molecule has 2 aromatic heterocycles. The smallest absolute Gasteiger partial charge is 0.335 e. The van der Waals surface area contributed by atoms with Crippen LogP contribution in [0.3, 0.4) is 0 Å². The van der Waals surface area contributed by atoms with Crippen molar-refractivity contribution in [2.24, 2.45) is 7.05 Å². The van der Waals surface area contributed by atoms with Gasteiger partial charge in [-0.3, -0.25) is 0 Å². The Morgan fingerprint density at radius 1 is 1.33 bits per heavy atom. The van der Waals surface area contributed by atoms with Gasteiger partial charge in [0.15, 0.2) is 0 Å². The van der Waals surface area contributed by atoms with Crippen molar-refractivity contribution >= 4 is 5.97 Å². The molecule has 0 amide bonds. The Balaban J connectivity index is 2.06. The van der Waals surface area contributed by atoms with Gasteiger partial charge in [-0.1, -0.05) is 11.3 Å². The molecule has 0 saturated carbocycles. The second kappa shape index (κ2) is 4.86. The van der Waals surface area contributed by atoms with Crippen molar-refractivity contribution in [2.75, 3.05) is 0 Å². The zero-order chi connectivity index (χ0) is 15.0. The van der Waals surface area contributed by atoms with Gasteiger partial charge in [0.05, 0.1) is 35.7 Å². The molecule has 3 aromatic rings. The van der Waals surface area contributed by atoms with E-state index in [2.05, 4.69) is 15.3 Å². The molecule has 0 aliphatic carbocycles. The van der Waals surface area contributed by atoms with Crippen LogP contribution < -0.4 is 0 Å². The first-order chi connectivity index (χ1) is 10.1. The topological polar surface area (TPSA) is 85.8 Å². The summed E-state index contributed by atoms with van der Waals surface area (Å²) in [5.41, 5.74) is 3.34. The van der Waals surface area contributed by atoms with Gasteiger partial charge in [0.2, 0.25) is 0 Å². The highest BCUT2D eigenvalue weighted by Gasteiger charge is 2.12. The number of benzene rings is 1. The number of imidazole rings is 1. The molecule has 0 saturated heterocycles. The Hall–Kier alpha value is -2.96. The van der Waals surface area contributed by atoms with E-state index in [1.807, 2.05) is 18.5 Å². The highest BCUT2D eigenvalue weighted by atomic mass is 16.4. The van der Waals surface area contributed by atoms with Crippen LogP contribution in [0.5, 0.6) is 0 Å². The van der Waals surface area contributed by atoms with Crippen molar-refractivity contribution in [1.82, 2.24) is 24.5 Å². The molecule has 0 unspecified atom stereocenters. The average molecular weight is 283 g/mol.